The molecule has 0 bridgehead atoms. The minimum Gasteiger partial charge on any atom is -0.394 e. The summed E-state index contributed by atoms with van der Waals surface area (Å²) >= 11 is 0. The summed E-state index contributed by atoms with van der Waals surface area (Å²) < 4.78 is 5.17. The lowest BCUT2D eigenvalue weighted by atomic mass is 9.89. The van der Waals surface area contributed by atoms with Crippen molar-refractivity contribution in [3.63, 3.8) is 0 Å². The van der Waals surface area contributed by atoms with E-state index in [2.05, 4.69) is 0 Å². The Bertz CT molecular complexity index is 409. The van der Waals surface area contributed by atoms with E-state index in [-0.39, 0.29) is 6.42 Å². The predicted molar refractivity (Wildman–Crippen MR) is 65.1 cm³/mol. The summed E-state index contributed by atoms with van der Waals surface area (Å²) in [6, 6.07) is 8.81. The molecule has 6 nitrogen and oxygen atoms in total. The first-order valence-corrected chi connectivity index (χ1v) is 6.07. The molecule has 0 saturated carbocycles. The van der Waals surface area contributed by atoms with Crippen molar-refractivity contribution < 1.29 is 30.3 Å². The van der Waals surface area contributed by atoms with Gasteiger partial charge in [0.25, 0.3) is 0 Å². The molecule has 5 atom stereocenters. The van der Waals surface area contributed by atoms with E-state index in [1.807, 2.05) is 0 Å². The van der Waals surface area contributed by atoms with Crippen molar-refractivity contribution >= 4 is 0 Å². The third-order valence-corrected chi connectivity index (χ3v) is 3.35. The minimum atomic E-state index is -2.05. The molecule has 1 aliphatic rings. The Morgan fingerprint density at radius 1 is 1.05 bits per heavy atom. The Labute approximate surface area is 110 Å². The van der Waals surface area contributed by atoms with Gasteiger partial charge in [0.15, 0.2) is 5.79 Å². The van der Waals surface area contributed by atoms with Crippen molar-refractivity contribution in [3.8, 4) is 0 Å². The number of rotatable bonds is 3. The maximum absolute atomic E-state index is 10.3. The van der Waals surface area contributed by atoms with Gasteiger partial charge >= 0.3 is 0 Å². The highest BCUT2D eigenvalue weighted by Gasteiger charge is 2.52. The summed E-state index contributed by atoms with van der Waals surface area (Å²) in [4.78, 5) is 0. The summed E-state index contributed by atoms with van der Waals surface area (Å²) in [6.45, 7) is -0.567. The van der Waals surface area contributed by atoms with Crippen LogP contribution in [0.5, 0.6) is 0 Å². The normalized spacial score (nSPS) is 39.2. The molecule has 2 rings (SSSR count). The van der Waals surface area contributed by atoms with Gasteiger partial charge in [-0.25, -0.2) is 0 Å². The first-order chi connectivity index (χ1) is 8.98. The van der Waals surface area contributed by atoms with Gasteiger partial charge in [0.2, 0.25) is 0 Å². The van der Waals surface area contributed by atoms with Gasteiger partial charge in [-0.15, -0.1) is 0 Å². The Morgan fingerprint density at radius 3 is 2.26 bits per heavy atom. The van der Waals surface area contributed by atoms with Gasteiger partial charge in [-0.05, 0) is 5.56 Å². The standard InChI is InChI=1S/C13H18O6/c14-7-9-10(15)11(16)12(17)13(18,19-9)6-8-4-2-1-3-5-8/h1-5,9-12,14-18H,6-7H2/t9-,10-,11+,12-,13?/m1/s1. The van der Waals surface area contributed by atoms with E-state index >= 15 is 0 Å². The van der Waals surface area contributed by atoms with Crippen molar-refractivity contribution in [2.45, 2.75) is 36.6 Å². The first-order valence-electron chi connectivity index (χ1n) is 6.07. The molecule has 0 spiro atoms. The zero-order valence-electron chi connectivity index (χ0n) is 10.3. The van der Waals surface area contributed by atoms with E-state index in [0.717, 1.165) is 0 Å². The number of ether oxygens (including phenoxy) is 1. The van der Waals surface area contributed by atoms with Crippen LogP contribution in [0.1, 0.15) is 5.56 Å². The molecule has 0 aliphatic carbocycles. The van der Waals surface area contributed by atoms with Gasteiger partial charge in [-0.1, -0.05) is 30.3 Å². The largest absolute Gasteiger partial charge is 0.394 e. The molecule has 1 unspecified atom stereocenters. The maximum Gasteiger partial charge on any atom is 0.199 e. The fourth-order valence-electron chi connectivity index (χ4n) is 2.25. The first kappa shape index (κ1) is 14.4. The molecule has 1 heterocycles. The second-order valence-electron chi connectivity index (χ2n) is 4.77. The van der Waals surface area contributed by atoms with Gasteiger partial charge in [-0.2, -0.15) is 0 Å². The number of hydrogen-bond acceptors (Lipinski definition) is 6. The second-order valence-corrected chi connectivity index (χ2v) is 4.77. The molecular weight excluding hydrogens is 252 g/mol. The lowest BCUT2D eigenvalue weighted by molar-refractivity contribution is -0.348. The highest BCUT2D eigenvalue weighted by atomic mass is 16.7. The maximum atomic E-state index is 10.3. The van der Waals surface area contributed by atoms with Gasteiger partial charge in [0, 0.05) is 6.42 Å². The average Bonchev–Trinajstić information content (AvgIpc) is 2.42. The Morgan fingerprint density at radius 2 is 1.68 bits per heavy atom. The van der Waals surface area contributed by atoms with Crippen LogP contribution in [0.4, 0.5) is 0 Å². The van der Waals surface area contributed by atoms with Crippen molar-refractivity contribution in [1.29, 1.82) is 0 Å². The molecule has 1 fully saturated rings. The zero-order chi connectivity index (χ0) is 14.0. The van der Waals surface area contributed by atoms with Crippen LogP contribution in [0.2, 0.25) is 0 Å². The Kier molecular flexibility index (Phi) is 4.19. The quantitative estimate of drug-likeness (QED) is 0.452. The summed E-state index contributed by atoms with van der Waals surface area (Å²) in [5.41, 5.74) is 0.698. The monoisotopic (exact) mass is 270 g/mol. The summed E-state index contributed by atoms with van der Waals surface area (Å²) in [5, 5.41) is 48.6. The van der Waals surface area contributed by atoms with Gasteiger partial charge < -0.3 is 30.3 Å². The lowest BCUT2D eigenvalue weighted by Gasteiger charge is -2.45. The third-order valence-electron chi connectivity index (χ3n) is 3.35. The topological polar surface area (TPSA) is 110 Å². The van der Waals surface area contributed by atoms with E-state index in [9.17, 15) is 20.4 Å². The van der Waals surface area contributed by atoms with E-state index in [0.29, 0.717) is 5.56 Å². The van der Waals surface area contributed by atoms with Crippen LogP contribution < -0.4 is 0 Å². The molecule has 1 aliphatic heterocycles. The Balaban J connectivity index is 2.21. The number of aliphatic hydroxyl groups excluding tert-OH is 4. The summed E-state index contributed by atoms with van der Waals surface area (Å²) in [7, 11) is 0. The summed E-state index contributed by atoms with van der Waals surface area (Å²) in [6.07, 6.45) is -5.90. The molecule has 106 valence electrons. The van der Waals surface area contributed by atoms with E-state index < -0.39 is 36.8 Å². The minimum absolute atomic E-state index is 0.0602. The SMILES string of the molecule is OC[C@H]1OC(O)(Cc2ccccc2)[C@H](O)[C@@H](O)[C@@H]1O. The highest BCUT2D eigenvalue weighted by molar-refractivity contribution is 5.17. The number of aliphatic hydroxyl groups is 5. The van der Waals surface area contributed by atoms with Crippen molar-refractivity contribution in [2.24, 2.45) is 0 Å². The fraction of sp³-hybridized carbons (Fsp3) is 0.538. The van der Waals surface area contributed by atoms with Crippen molar-refractivity contribution in [1.82, 2.24) is 0 Å². The molecule has 19 heavy (non-hydrogen) atoms. The van der Waals surface area contributed by atoms with E-state index in [4.69, 9.17) is 9.84 Å². The molecule has 1 saturated heterocycles. The number of benzene rings is 1. The van der Waals surface area contributed by atoms with Crippen LogP contribution in [0, 0.1) is 0 Å². The third kappa shape index (κ3) is 2.79. The molecular formula is C13H18O6. The van der Waals surface area contributed by atoms with Crippen molar-refractivity contribution in [3.05, 3.63) is 35.9 Å². The van der Waals surface area contributed by atoms with E-state index in [1.165, 1.54) is 0 Å². The fourth-order valence-corrected chi connectivity index (χ4v) is 2.25. The molecule has 1 aromatic rings. The molecule has 0 radical (unpaired) electrons. The van der Waals surface area contributed by atoms with E-state index in [1.54, 1.807) is 30.3 Å². The molecule has 0 amide bonds. The zero-order valence-corrected chi connectivity index (χ0v) is 10.3. The van der Waals surface area contributed by atoms with Crippen LogP contribution in [0.15, 0.2) is 30.3 Å². The Hall–Kier alpha value is -1.02. The van der Waals surface area contributed by atoms with Crippen LogP contribution >= 0.6 is 0 Å². The van der Waals surface area contributed by atoms with Crippen LogP contribution in [-0.2, 0) is 11.2 Å². The van der Waals surface area contributed by atoms with Crippen LogP contribution in [0.25, 0.3) is 0 Å². The molecule has 1 aromatic carbocycles. The number of hydrogen-bond donors (Lipinski definition) is 5. The second kappa shape index (κ2) is 5.54. The van der Waals surface area contributed by atoms with Gasteiger partial charge in [0.05, 0.1) is 6.61 Å². The molecule has 6 heteroatoms. The summed E-state index contributed by atoms with van der Waals surface area (Å²) in [5.74, 6) is -2.05. The molecule has 0 aromatic heterocycles. The van der Waals surface area contributed by atoms with Crippen molar-refractivity contribution in [2.75, 3.05) is 6.61 Å². The predicted octanol–water partition coefficient (Wildman–Crippen LogP) is -1.61. The van der Waals surface area contributed by atoms with Crippen LogP contribution in [0.3, 0.4) is 0 Å². The van der Waals surface area contributed by atoms with Gasteiger partial charge in [-0.3, -0.25) is 0 Å². The van der Waals surface area contributed by atoms with Crippen LogP contribution in [-0.4, -0.2) is 62.3 Å². The van der Waals surface area contributed by atoms with Gasteiger partial charge in [0.1, 0.15) is 24.4 Å². The average molecular weight is 270 g/mol. The lowest BCUT2D eigenvalue weighted by Crippen LogP contribution is -2.65. The highest BCUT2D eigenvalue weighted by Crippen LogP contribution is 2.30. The molecule has 5 N–H and O–H groups in total. The smallest absolute Gasteiger partial charge is 0.199 e.